The van der Waals surface area contributed by atoms with Crippen LogP contribution in [0.5, 0.6) is 0 Å². The van der Waals surface area contributed by atoms with Gasteiger partial charge in [0.1, 0.15) is 5.78 Å². The lowest BCUT2D eigenvalue weighted by molar-refractivity contribution is -0.117. The minimum atomic E-state index is 0.285. The van der Waals surface area contributed by atoms with Crippen LogP contribution in [-0.4, -0.2) is 18.9 Å². The van der Waals surface area contributed by atoms with Crippen LogP contribution in [-0.2, 0) is 4.79 Å². The number of carbonyl (C=O) groups is 1. The Morgan fingerprint density at radius 3 is 2.87 bits per heavy atom. The fourth-order valence-electron chi connectivity index (χ4n) is 2.40. The van der Waals surface area contributed by atoms with Crippen LogP contribution in [0, 0.1) is 0 Å². The molecule has 0 fully saturated rings. The molecule has 1 unspecified atom stereocenters. The summed E-state index contributed by atoms with van der Waals surface area (Å²) in [5.41, 5.74) is 2.65. The average molecular weight is 203 g/mol. The number of carbonyl (C=O) groups excluding carboxylic acids is 1. The third kappa shape index (κ3) is 1.89. The highest BCUT2D eigenvalue weighted by Gasteiger charge is 2.27. The van der Waals surface area contributed by atoms with Gasteiger partial charge >= 0.3 is 0 Å². The Morgan fingerprint density at radius 2 is 2.20 bits per heavy atom. The molecule has 0 aromatic heterocycles. The maximum Gasteiger partial charge on any atom is 0.130 e. The molecule has 15 heavy (non-hydrogen) atoms. The standard InChI is InChI=1S/C13H17NO/c1-3-14-9-11(8-10(2)15)12-6-4-5-7-13(12)14/h4-7,11H,3,8-9H2,1-2H3. The van der Waals surface area contributed by atoms with E-state index in [1.807, 2.05) is 0 Å². The third-order valence-electron chi connectivity index (χ3n) is 3.07. The van der Waals surface area contributed by atoms with Gasteiger partial charge in [-0.3, -0.25) is 0 Å². The van der Waals surface area contributed by atoms with Gasteiger partial charge in [-0.15, -0.1) is 0 Å². The number of hydrogen-bond donors (Lipinski definition) is 0. The van der Waals surface area contributed by atoms with Gasteiger partial charge in [0.2, 0.25) is 0 Å². The summed E-state index contributed by atoms with van der Waals surface area (Å²) in [5.74, 6) is 0.686. The lowest BCUT2D eigenvalue weighted by atomic mass is 9.96. The highest BCUT2D eigenvalue weighted by Crippen LogP contribution is 2.37. The predicted octanol–water partition coefficient (Wildman–Crippen LogP) is 2.59. The second-order valence-electron chi connectivity index (χ2n) is 4.20. The van der Waals surface area contributed by atoms with Gasteiger partial charge in [0, 0.05) is 31.1 Å². The molecule has 0 radical (unpaired) electrons. The van der Waals surface area contributed by atoms with Gasteiger partial charge in [-0.2, -0.15) is 0 Å². The Bertz CT molecular complexity index is 373. The molecule has 0 saturated carbocycles. The van der Waals surface area contributed by atoms with Crippen molar-refractivity contribution < 1.29 is 4.79 Å². The van der Waals surface area contributed by atoms with Gasteiger partial charge in [-0.25, -0.2) is 0 Å². The van der Waals surface area contributed by atoms with Gasteiger partial charge < -0.3 is 9.69 Å². The molecule has 2 rings (SSSR count). The molecule has 1 atom stereocenters. The zero-order valence-corrected chi connectivity index (χ0v) is 9.36. The molecule has 1 aliphatic rings. The molecule has 2 heteroatoms. The summed E-state index contributed by atoms with van der Waals surface area (Å²) in [4.78, 5) is 13.5. The Morgan fingerprint density at radius 1 is 1.47 bits per heavy atom. The van der Waals surface area contributed by atoms with Crippen molar-refractivity contribution in [1.82, 2.24) is 0 Å². The summed E-state index contributed by atoms with van der Waals surface area (Å²) in [6.07, 6.45) is 0.674. The number of anilines is 1. The maximum atomic E-state index is 11.2. The van der Waals surface area contributed by atoms with E-state index in [0.29, 0.717) is 12.3 Å². The van der Waals surface area contributed by atoms with Gasteiger partial charge in [0.15, 0.2) is 0 Å². The van der Waals surface area contributed by atoms with E-state index in [9.17, 15) is 4.79 Å². The average Bonchev–Trinajstić information content (AvgIpc) is 2.56. The van der Waals surface area contributed by atoms with Crippen LogP contribution in [0.25, 0.3) is 0 Å². The van der Waals surface area contributed by atoms with Crippen molar-refractivity contribution in [3.05, 3.63) is 29.8 Å². The van der Waals surface area contributed by atoms with Crippen LogP contribution >= 0.6 is 0 Å². The van der Waals surface area contributed by atoms with E-state index in [1.165, 1.54) is 11.3 Å². The molecule has 0 bridgehead atoms. The number of Topliss-reactive ketones (excluding diaryl/α,β-unsaturated/α-hetero) is 1. The normalized spacial score (nSPS) is 19.1. The summed E-state index contributed by atoms with van der Waals surface area (Å²) in [5, 5.41) is 0. The fraction of sp³-hybridized carbons (Fsp3) is 0.462. The largest absolute Gasteiger partial charge is 0.371 e. The minimum absolute atomic E-state index is 0.285. The number of rotatable bonds is 3. The molecule has 80 valence electrons. The summed E-state index contributed by atoms with van der Waals surface area (Å²) < 4.78 is 0. The molecule has 1 heterocycles. The Kier molecular flexibility index (Phi) is 2.76. The van der Waals surface area contributed by atoms with Crippen LogP contribution in [0.15, 0.2) is 24.3 Å². The van der Waals surface area contributed by atoms with E-state index in [4.69, 9.17) is 0 Å². The van der Waals surface area contributed by atoms with Crippen molar-refractivity contribution in [2.24, 2.45) is 0 Å². The second-order valence-corrected chi connectivity index (χ2v) is 4.20. The van der Waals surface area contributed by atoms with E-state index < -0.39 is 0 Å². The van der Waals surface area contributed by atoms with Crippen molar-refractivity contribution in [3.63, 3.8) is 0 Å². The Hall–Kier alpha value is -1.31. The first-order valence-electron chi connectivity index (χ1n) is 5.55. The number of likely N-dealkylation sites (N-methyl/N-ethyl adjacent to an activating group) is 1. The first-order valence-corrected chi connectivity index (χ1v) is 5.55. The van der Waals surface area contributed by atoms with Crippen molar-refractivity contribution in [3.8, 4) is 0 Å². The van der Waals surface area contributed by atoms with E-state index in [1.54, 1.807) is 6.92 Å². The van der Waals surface area contributed by atoms with Crippen molar-refractivity contribution >= 4 is 11.5 Å². The number of nitrogens with zero attached hydrogens (tertiary/aromatic N) is 1. The zero-order chi connectivity index (χ0) is 10.8. The smallest absolute Gasteiger partial charge is 0.130 e. The molecule has 1 aromatic carbocycles. The van der Waals surface area contributed by atoms with E-state index in [2.05, 4.69) is 36.1 Å². The molecule has 0 aliphatic carbocycles. The van der Waals surface area contributed by atoms with Crippen LogP contribution in [0.1, 0.15) is 31.7 Å². The van der Waals surface area contributed by atoms with Crippen molar-refractivity contribution in [2.75, 3.05) is 18.0 Å². The number of hydrogen-bond acceptors (Lipinski definition) is 2. The first kappa shape index (κ1) is 10.2. The minimum Gasteiger partial charge on any atom is -0.371 e. The lowest BCUT2D eigenvalue weighted by Crippen LogP contribution is -2.21. The van der Waals surface area contributed by atoms with Gasteiger partial charge in [0.05, 0.1) is 0 Å². The monoisotopic (exact) mass is 203 g/mol. The Balaban J connectivity index is 2.29. The highest BCUT2D eigenvalue weighted by atomic mass is 16.1. The third-order valence-corrected chi connectivity index (χ3v) is 3.07. The molecular formula is C13H17NO. The molecule has 0 saturated heterocycles. The highest BCUT2D eigenvalue weighted by molar-refractivity contribution is 5.78. The van der Waals surface area contributed by atoms with Gasteiger partial charge in [-0.1, -0.05) is 18.2 Å². The summed E-state index contributed by atoms with van der Waals surface area (Å²) in [6, 6.07) is 8.43. The molecule has 0 N–H and O–H groups in total. The van der Waals surface area contributed by atoms with Crippen LogP contribution < -0.4 is 4.90 Å². The molecule has 2 nitrogen and oxygen atoms in total. The quantitative estimate of drug-likeness (QED) is 0.752. The van der Waals surface area contributed by atoms with Gasteiger partial charge in [-0.05, 0) is 25.5 Å². The first-order chi connectivity index (χ1) is 7.22. The van der Waals surface area contributed by atoms with Gasteiger partial charge in [0.25, 0.3) is 0 Å². The molecule has 0 spiro atoms. The lowest BCUT2D eigenvalue weighted by Gasteiger charge is -2.16. The van der Waals surface area contributed by atoms with Crippen molar-refractivity contribution in [1.29, 1.82) is 0 Å². The molecular weight excluding hydrogens is 186 g/mol. The summed E-state index contributed by atoms with van der Waals surface area (Å²) in [6.45, 7) is 5.85. The summed E-state index contributed by atoms with van der Waals surface area (Å²) in [7, 11) is 0. The van der Waals surface area contributed by atoms with E-state index in [-0.39, 0.29) is 5.78 Å². The topological polar surface area (TPSA) is 20.3 Å². The van der Waals surface area contributed by atoms with Crippen LogP contribution in [0.3, 0.4) is 0 Å². The van der Waals surface area contributed by atoms with Crippen LogP contribution in [0.2, 0.25) is 0 Å². The number of fused-ring (bicyclic) bond motifs is 1. The Labute approximate surface area is 90.9 Å². The maximum absolute atomic E-state index is 11.2. The van der Waals surface area contributed by atoms with Crippen molar-refractivity contribution in [2.45, 2.75) is 26.2 Å². The van der Waals surface area contributed by atoms with E-state index >= 15 is 0 Å². The predicted molar refractivity (Wildman–Crippen MR) is 62.4 cm³/mol. The van der Waals surface area contributed by atoms with E-state index in [0.717, 1.165) is 13.1 Å². The molecule has 1 aromatic rings. The second kappa shape index (κ2) is 4.05. The summed E-state index contributed by atoms with van der Waals surface area (Å²) >= 11 is 0. The number of benzene rings is 1. The number of ketones is 1. The molecule has 0 amide bonds. The zero-order valence-electron chi connectivity index (χ0n) is 9.36. The SMILES string of the molecule is CCN1CC(CC(C)=O)c2ccccc21. The number of para-hydroxylation sites is 1. The fourth-order valence-corrected chi connectivity index (χ4v) is 2.40. The molecule has 1 aliphatic heterocycles. The van der Waals surface area contributed by atoms with Crippen LogP contribution in [0.4, 0.5) is 5.69 Å².